The summed E-state index contributed by atoms with van der Waals surface area (Å²) in [5.74, 6) is -0.0133. The average Bonchev–Trinajstić information content (AvgIpc) is 2.01. The molecule has 0 aromatic heterocycles. The van der Waals surface area contributed by atoms with Crippen molar-refractivity contribution in [3.8, 4) is 0 Å². The summed E-state index contributed by atoms with van der Waals surface area (Å²) in [5, 5.41) is 17.5. The first kappa shape index (κ1) is 13.4. The zero-order valence-corrected chi connectivity index (χ0v) is 9.29. The SMILES string of the molecule is CC(C)(C)CC(=O)N(CCO)CCO. The number of hydrogen-bond acceptors (Lipinski definition) is 3. The van der Waals surface area contributed by atoms with Crippen molar-refractivity contribution in [3.63, 3.8) is 0 Å². The van der Waals surface area contributed by atoms with E-state index in [9.17, 15) is 4.79 Å². The molecule has 0 rings (SSSR count). The third kappa shape index (κ3) is 5.94. The molecular weight excluding hydrogens is 182 g/mol. The van der Waals surface area contributed by atoms with Crippen LogP contribution in [0, 0.1) is 5.41 Å². The molecule has 0 aliphatic carbocycles. The molecule has 4 heteroatoms. The second-order valence-corrected chi connectivity index (χ2v) is 4.57. The van der Waals surface area contributed by atoms with E-state index < -0.39 is 0 Å². The van der Waals surface area contributed by atoms with E-state index in [0.29, 0.717) is 19.5 Å². The number of aliphatic hydroxyl groups is 2. The van der Waals surface area contributed by atoms with Crippen LogP contribution in [0.4, 0.5) is 0 Å². The maximum atomic E-state index is 11.6. The second-order valence-electron chi connectivity index (χ2n) is 4.57. The minimum absolute atomic E-state index is 0.0133. The second kappa shape index (κ2) is 5.98. The van der Waals surface area contributed by atoms with Crippen molar-refractivity contribution in [2.75, 3.05) is 26.3 Å². The highest BCUT2D eigenvalue weighted by Crippen LogP contribution is 2.19. The Morgan fingerprint density at radius 2 is 1.57 bits per heavy atom. The fourth-order valence-corrected chi connectivity index (χ4v) is 1.17. The summed E-state index contributed by atoms with van der Waals surface area (Å²) in [6.07, 6.45) is 0.438. The molecule has 0 radical (unpaired) electrons. The summed E-state index contributed by atoms with van der Waals surface area (Å²) in [4.78, 5) is 13.1. The lowest BCUT2D eigenvalue weighted by molar-refractivity contribution is -0.134. The Morgan fingerprint density at radius 1 is 1.14 bits per heavy atom. The summed E-state index contributed by atoms with van der Waals surface area (Å²) in [5.41, 5.74) is -0.0553. The van der Waals surface area contributed by atoms with E-state index in [-0.39, 0.29) is 24.5 Å². The van der Waals surface area contributed by atoms with Gasteiger partial charge in [0.1, 0.15) is 0 Å². The minimum Gasteiger partial charge on any atom is -0.395 e. The smallest absolute Gasteiger partial charge is 0.223 e. The molecule has 1 amide bonds. The van der Waals surface area contributed by atoms with Crippen LogP contribution < -0.4 is 0 Å². The summed E-state index contributed by atoms with van der Waals surface area (Å²) in [7, 11) is 0. The number of carbonyl (C=O) groups excluding carboxylic acids is 1. The Kier molecular flexibility index (Phi) is 5.72. The molecule has 0 spiro atoms. The van der Waals surface area contributed by atoms with E-state index in [1.807, 2.05) is 20.8 Å². The van der Waals surface area contributed by atoms with Gasteiger partial charge < -0.3 is 15.1 Å². The highest BCUT2D eigenvalue weighted by atomic mass is 16.3. The van der Waals surface area contributed by atoms with Gasteiger partial charge in [0.05, 0.1) is 13.2 Å². The molecule has 0 saturated carbocycles. The van der Waals surface area contributed by atoms with Crippen LogP contribution in [-0.2, 0) is 4.79 Å². The number of nitrogens with zero attached hydrogens (tertiary/aromatic N) is 1. The normalized spacial score (nSPS) is 11.5. The molecule has 0 atom stereocenters. The Morgan fingerprint density at radius 3 is 1.86 bits per heavy atom. The van der Waals surface area contributed by atoms with Crippen LogP contribution >= 0.6 is 0 Å². The lowest BCUT2D eigenvalue weighted by Crippen LogP contribution is -2.37. The van der Waals surface area contributed by atoms with E-state index >= 15 is 0 Å². The van der Waals surface area contributed by atoms with Gasteiger partial charge in [-0.2, -0.15) is 0 Å². The maximum Gasteiger partial charge on any atom is 0.223 e. The Hall–Kier alpha value is -0.610. The molecule has 0 aliphatic rings. The first-order valence-corrected chi connectivity index (χ1v) is 4.90. The van der Waals surface area contributed by atoms with Gasteiger partial charge in [-0.1, -0.05) is 20.8 Å². The molecule has 0 unspecified atom stereocenters. The van der Waals surface area contributed by atoms with Crippen LogP contribution in [-0.4, -0.2) is 47.3 Å². The van der Waals surface area contributed by atoms with Gasteiger partial charge in [-0.05, 0) is 5.41 Å². The number of carbonyl (C=O) groups is 1. The molecule has 0 aromatic carbocycles. The van der Waals surface area contributed by atoms with Crippen molar-refractivity contribution in [1.29, 1.82) is 0 Å². The molecule has 0 aliphatic heterocycles. The van der Waals surface area contributed by atoms with Gasteiger partial charge in [-0.25, -0.2) is 0 Å². The Balaban J connectivity index is 4.14. The Labute approximate surface area is 85.5 Å². The first-order valence-electron chi connectivity index (χ1n) is 4.90. The van der Waals surface area contributed by atoms with E-state index in [1.54, 1.807) is 0 Å². The summed E-state index contributed by atoms with van der Waals surface area (Å²) in [6, 6.07) is 0. The fourth-order valence-electron chi connectivity index (χ4n) is 1.17. The average molecular weight is 203 g/mol. The predicted octanol–water partition coefficient (Wildman–Crippen LogP) is 0.236. The number of hydrogen-bond donors (Lipinski definition) is 2. The van der Waals surface area contributed by atoms with E-state index in [1.165, 1.54) is 4.90 Å². The lowest BCUT2D eigenvalue weighted by Gasteiger charge is -2.25. The van der Waals surface area contributed by atoms with Gasteiger partial charge >= 0.3 is 0 Å². The highest BCUT2D eigenvalue weighted by Gasteiger charge is 2.20. The molecule has 0 heterocycles. The lowest BCUT2D eigenvalue weighted by atomic mass is 9.91. The van der Waals surface area contributed by atoms with Gasteiger partial charge in [0, 0.05) is 19.5 Å². The van der Waals surface area contributed by atoms with Gasteiger partial charge in [-0.15, -0.1) is 0 Å². The third-order valence-corrected chi connectivity index (χ3v) is 1.77. The summed E-state index contributed by atoms with van der Waals surface area (Å²) in [6.45, 7) is 6.44. The van der Waals surface area contributed by atoms with Gasteiger partial charge in [0.25, 0.3) is 0 Å². The number of amides is 1. The van der Waals surface area contributed by atoms with Crippen molar-refractivity contribution < 1.29 is 15.0 Å². The van der Waals surface area contributed by atoms with Gasteiger partial charge in [0.2, 0.25) is 5.91 Å². The molecule has 2 N–H and O–H groups in total. The molecule has 0 aromatic rings. The first-order chi connectivity index (χ1) is 6.40. The minimum atomic E-state index is -0.0596. The molecule has 0 fully saturated rings. The van der Waals surface area contributed by atoms with Crippen molar-refractivity contribution in [2.45, 2.75) is 27.2 Å². The van der Waals surface area contributed by atoms with E-state index in [0.717, 1.165) is 0 Å². The number of rotatable bonds is 5. The zero-order valence-electron chi connectivity index (χ0n) is 9.29. The van der Waals surface area contributed by atoms with Gasteiger partial charge in [0.15, 0.2) is 0 Å². The van der Waals surface area contributed by atoms with Crippen LogP contribution in [0.25, 0.3) is 0 Å². The van der Waals surface area contributed by atoms with Gasteiger partial charge in [-0.3, -0.25) is 4.79 Å². The van der Waals surface area contributed by atoms with Crippen molar-refractivity contribution in [2.24, 2.45) is 5.41 Å². The molecular formula is C10H21NO3. The topological polar surface area (TPSA) is 60.8 Å². The Bertz CT molecular complexity index is 169. The zero-order chi connectivity index (χ0) is 11.2. The van der Waals surface area contributed by atoms with Crippen LogP contribution in [0.15, 0.2) is 0 Å². The molecule has 4 nitrogen and oxygen atoms in total. The standard InChI is InChI=1S/C10H21NO3/c1-10(2,3)8-9(14)11(4-6-12)5-7-13/h12-13H,4-8H2,1-3H3. The fraction of sp³-hybridized carbons (Fsp3) is 0.900. The van der Waals surface area contributed by atoms with Crippen molar-refractivity contribution in [1.82, 2.24) is 4.90 Å². The van der Waals surface area contributed by atoms with Crippen molar-refractivity contribution in [3.05, 3.63) is 0 Å². The summed E-state index contributed by atoms with van der Waals surface area (Å²) < 4.78 is 0. The van der Waals surface area contributed by atoms with Crippen LogP contribution in [0.2, 0.25) is 0 Å². The van der Waals surface area contributed by atoms with Crippen LogP contribution in [0.5, 0.6) is 0 Å². The van der Waals surface area contributed by atoms with E-state index in [2.05, 4.69) is 0 Å². The quantitative estimate of drug-likeness (QED) is 0.672. The highest BCUT2D eigenvalue weighted by molar-refractivity contribution is 5.76. The molecule has 84 valence electrons. The summed E-state index contributed by atoms with van der Waals surface area (Å²) >= 11 is 0. The predicted molar refractivity (Wildman–Crippen MR) is 54.8 cm³/mol. The molecule has 0 bridgehead atoms. The monoisotopic (exact) mass is 203 g/mol. The van der Waals surface area contributed by atoms with Crippen molar-refractivity contribution >= 4 is 5.91 Å². The van der Waals surface area contributed by atoms with E-state index in [4.69, 9.17) is 10.2 Å². The third-order valence-electron chi connectivity index (χ3n) is 1.77. The number of aliphatic hydroxyl groups excluding tert-OH is 2. The maximum absolute atomic E-state index is 11.6. The van der Waals surface area contributed by atoms with Crippen LogP contribution in [0.1, 0.15) is 27.2 Å². The largest absolute Gasteiger partial charge is 0.395 e. The molecule has 14 heavy (non-hydrogen) atoms. The van der Waals surface area contributed by atoms with Crippen LogP contribution in [0.3, 0.4) is 0 Å². The molecule has 0 saturated heterocycles.